The van der Waals surface area contributed by atoms with Crippen LogP contribution in [0.3, 0.4) is 0 Å². The van der Waals surface area contributed by atoms with Gasteiger partial charge < -0.3 is 4.74 Å². The normalized spacial score (nSPS) is 11.2. The predicted octanol–water partition coefficient (Wildman–Crippen LogP) is 6.53. The number of alkyl halides is 3. The molecule has 3 aromatic rings. The molecule has 0 saturated heterocycles. The van der Waals surface area contributed by atoms with Crippen LogP contribution in [0.2, 0.25) is 0 Å². The van der Waals surface area contributed by atoms with Gasteiger partial charge in [0.15, 0.2) is 0 Å². The average Bonchev–Trinajstić information content (AvgIpc) is 3.09. The molecule has 1 heterocycles. The molecule has 0 aliphatic carbocycles. The Hall–Kier alpha value is -2.74. The number of benzene rings is 2. The molecule has 0 saturated carbocycles. The van der Waals surface area contributed by atoms with Crippen molar-refractivity contribution in [2.45, 2.75) is 33.7 Å². The lowest BCUT2D eigenvalue weighted by Gasteiger charge is -2.14. The molecule has 0 aliphatic heterocycles. The van der Waals surface area contributed by atoms with Gasteiger partial charge in [-0.1, -0.05) is 13.8 Å². The van der Waals surface area contributed by atoms with E-state index in [4.69, 9.17) is 4.74 Å². The van der Waals surface area contributed by atoms with Gasteiger partial charge in [0.2, 0.25) is 5.82 Å². The van der Waals surface area contributed by atoms with Crippen LogP contribution in [0.25, 0.3) is 22.5 Å². The molecule has 0 amide bonds. The van der Waals surface area contributed by atoms with E-state index in [1.807, 2.05) is 13.8 Å². The molecule has 0 unspecified atom stereocenters. The number of imidazole rings is 1. The second kappa shape index (κ2) is 9.65. The molecule has 8 heteroatoms. The SMILES string of the molecule is CC.CCOCn1c(C(F)(F)F)nc(-c2ccc(F)cc2)c1-c1ccc(F)cc1. The predicted molar refractivity (Wildman–Crippen MR) is 101 cm³/mol. The first-order valence-corrected chi connectivity index (χ1v) is 9.08. The lowest BCUT2D eigenvalue weighted by atomic mass is 10.0. The van der Waals surface area contributed by atoms with E-state index < -0.39 is 23.6 Å². The van der Waals surface area contributed by atoms with Crippen LogP contribution >= 0.6 is 0 Å². The topological polar surface area (TPSA) is 27.1 Å². The molecule has 156 valence electrons. The van der Waals surface area contributed by atoms with Gasteiger partial charge in [-0.15, -0.1) is 0 Å². The Balaban J connectivity index is 0.00000145. The molecule has 0 radical (unpaired) electrons. The highest BCUT2D eigenvalue weighted by molar-refractivity contribution is 5.79. The number of hydrogen-bond acceptors (Lipinski definition) is 2. The van der Waals surface area contributed by atoms with E-state index in [1.165, 1.54) is 24.3 Å². The third kappa shape index (κ3) is 5.20. The summed E-state index contributed by atoms with van der Waals surface area (Å²) in [5.74, 6) is -2.18. The Kier molecular flexibility index (Phi) is 7.50. The number of halogens is 5. The first-order chi connectivity index (χ1) is 13.8. The standard InChI is InChI=1S/C19H15F5N2O.C2H6/c1-2-27-11-26-17(13-5-9-15(21)10-6-13)16(25-18(26)19(22,23)24)12-3-7-14(20)8-4-12;1-2/h3-10H,2,11H2,1H3;1-2H3. The highest BCUT2D eigenvalue weighted by Gasteiger charge is 2.39. The van der Waals surface area contributed by atoms with E-state index in [1.54, 1.807) is 6.92 Å². The van der Waals surface area contributed by atoms with Crippen LogP contribution in [0.5, 0.6) is 0 Å². The summed E-state index contributed by atoms with van der Waals surface area (Å²) in [5, 5.41) is 0. The first-order valence-electron chi connectivity index (χ1n) is 9.08. The maximum Gasteiger partial charge on any atom is 0.449 e. The summed E-state index contributed by atoms with van der Waals surface area (Å²) in [7, 11) is 0. The molecule has 2 aromatic carbocycles. The molecule has 29 heavy (non-hydrogen) atoms. The van der Waals surface area contributed by atoms with Crippen molar-refractivity contribution >= 4 is 0 Å². The van der Waals surface area contributed by atoms with Gasteiger partial charge >= 0.3 is 6.18 Å². The second-order valence-electron chi connectivity index (χ2n) is 5.69. The van der Waals surface area contributed by atoms with Crippen molar-refractivity contribution in [3.63, 3.8) is 0 Å². The van der Waals surface area contributed by atoms with Gasteiger partial charge in [-0.05, 0) is 55.5 Å². The Morgan fingerprint density at radius 1 is 0.862 bits per heavy atom. The van der Waals surface area contributed by atoms with Gasteiger partial charge in [-0.25, -0.2) is 13.8 Å². The van der Waals surface area contributed by atoms with E-state index in [9.17, 15) is 22.0 Å². The lowest BCUT2D eigenvalue weighted by molar-refractivity contribution is -0.149. The minimum Gasteiger partial charge on any atom is -0.361 e. The third-order valence-corrected chi connectivity index (χ3v) is 3.88. The van der Waals surface area contributed by atoms with Crippen molar-refractivity contribution in [3.8, 4) is 22.5 Å². The Bertz CT molecular complexity index is 916. The fourth-order valence-corrected chi connectivity index (χ4v) is 2.69. The summed E-state index contributed by atoms with van der Waals surface area (Å²) in [5.41, 5.74) is 0.755. The Labute approximate surface area is 165 Å². The minimum atomic E-state index is -4.73. The van der Waals surface area contributed by atoms with Gasteiger partial charge in [-0.3, -0.25) is 4.57 Å². The number of ether oxygens (including phenoxy) is 1. The van der Waals surface area contributed by atoms with Crippen molar-refractivity contribution in [1.82, 2.24) is 9.55 Å². The quantitative estimate of drug-likeness (QED) is 0.445. The Morgan fingerprint density at radius 3 is 1.79 bits per heavy atom. The van der Waals surface area contributed by atoms with Crippen LogP contribution in [0.4, 0.5) is 22.0 Å². The maximum absolute atomic E-state index is 13.6. The minimum absolute atomic E-state index is 0.00800. The van der Waals surface area contributed by atoms with Crippen molar-refractivity contribution in [1.29, 1.82) is 0 Å². The Morgan fingerprint density at radius 2 is 1.34 bits per heavy atom. The van der Waals surface area contributed by atoms with Crippen molar-refractivity contribution < 1.29 is 26.7 Å². The van der Waals surface area contributed by atoms with Gasteiger partial charge in [0.25, 0.3) is 0 Å². The summed E-state index contributed by atoms with van der Waals surface area (Å²) in [4.78, 5) is 3.77. The zero-order chi connectivity index (χ0) is 21.6. The zero-order valence-corrected chi connectivity index (χ0v) is 16.2. The van der Waals surface area contributed by atoms with Crippen molar-refractivity contribution in [2.24, 2.45) is 0 Å². The molecular weight excluding hydrogens is 391 g/mol. The molecular formula is C21H21F5N2O. The van der Waals surface area contributed by atoms with Gasteiger partial charge in [-0.2, -0.15) is 13.2 Å². The van der Waals surface area contributed by atoms with Crippen molar-refractivity contribution in [2.75, 3.05) is 6.61 Å². The molecule has 3 rings (SSSR count). The molecule has 0 aliphatic rings. The second-order valence-corrected chi connectivity index (χ2v) is 5.69. The largest absolute Gasteiger partial charge is 0.449 e. The van der Waals surface area contributed by atoms with Crippen molar-refractivity contribution in [3.05, 3.63) is 66.0 Å². The number of aromatic nitrogens is 2. The highest BCUT2D eigenvalue weighted by Crippen LogP contribution is 2.38. The van der Waals surface area contributed by atoms with Crippen LogP contribution in [0.15, 0.2) is 48.5 Å². The van der Waals surface area contributed by atoms with Crippen LogP contribution < -0.4 is 0 Å². The van der Waals surface area contributed by atoms with Gasteiger partial charge in [0.05, 0.1) is 11.4 Å². The van der Waals surface area contributed by atoms with E-state index in [-0.39, 0.29) is 24.7 Å². The van der Waals surface area contributed by atoms with E-state index >= 15 is 0 Å². The fourth-order valence-electron chi connectivity index (χ4n) is 2.69. The first kappa shape index (κ1) is 22.5. The van der Waals surface area contributed by atoms with E-state index in [0.29, 0.717) is 11.1 Å². The summed E-state index contributed by atoms with van der Waals surface area (Å²) < 4.78 is 73.3. The van der Waals surface area contributed by atoms with Crippen LogP contribution in [-0.2, 0) is 17.6 Å². The zero-order valence-electron chi connectivity index (χ0n) is 16.2. The van der Waals surface area contributed by atoms with Gasteiger partial charge in [0, 0.05) is 17.7 Å². The van der Waals surface area contributed by atoms with E-state index in [2.05, 4.69) is 4.98 Å². The molecule has 3 nitrogen and oxygen atoms in total. The van der Waals surface area contributed by atoms with Gasteiger partial charge in [0.1, 0.15) is 18.4 Å². The molecule has 0 atom stereocenters. The smallest absolute Gasteiger partial charge is 0.361 e. The highest BCUT2D eigenvalue weighted by atomic mass is 19.4. The lowest BCUT2D eigenvalue weighted by Crippen LogP contribution is -2.17. The number of rotatable bonds is 5. The van der Waals surface area contributed by atoms with Crippen LogP contribution in [0, 0.1) is 11.6 Å². The summed E-state index contributed by atoms with van der Waals surface area (Å²) in [6.07, 6.45) is -4.73. The molecule has 0 fully saturated rings. The fraction of sp³-hybridized carbons (Fsp3) is 0.286. The van der Waals surface area contributed by atoms with E-state index in [0.717, 1.165) is 28.8 Å². The molecule has 0 bridgehead atoms. The monoisotopic (exact) mass is 412 g/mol. The maximum atomic E-state index is 13.6. The number of nitrogens with zero attached hydrogens (tertiary/aromatic N) is 2. The van der Waals surface area contributed by atoms with Crippen LogP contribution in [0.1, 0.15) is 26.6 Å². The molecule has 1 aromatic heterocycles. The summed E-state index contributed by atoms with van der Waals surface area (Å²) in [6, 6.07) is 9.98. The number of hydrogen-bond donors (Lipinski definition) is 0. The van der Waals surface area contributed by atoms with Crippen LogP contribution in [-0.4, -0.2) is 16.2 Å². The average molecular weight is 412 g/mol. The summed E-state index contributed by atoms with van der Waals surface area (Å²) >= 11 is 0. The molecule has 0 spiro atoms. The summed E-state index contributed by atoms with van der Waals surface area (Å²) in [6.45, 7) is 5.47. The molecule has 0 N–H and O–H groups in total. The third-order valence-electron chi connectivity index (χ3n) is 3.88.